The van der Waals surface area contributed by atoms with Crippen molar-refractivity contribution >= 4 is 11.9 Å². The van der Waals surface area contributed by atoms with Crippen molar-refractivity contribution in [3.8, 4) is 33.8 Å². The Balaban J connectivity index is 0.000000165. The molecule has 3 fully saturated rings. The fourth-order valence-electron chi connectivity index (χ4n) is 13.5. The van der Waals surface area contributed by atoms with Crippen LogP contribution in [0, 0.1) is 29.6 Å². The largest absolute Gasteiger partial charge is 0.423 e. The van der Waals surface area contributed by atoms with Gasteiger partial charge in [-0.25, -0.2) is 9.59 Å². The second-order valence-electron chi connectivity index (χ2n) is 26.2. The van der Waals surface area contributed by atoms with Crippen LogP contribution in [0.1, 0.15) is 237 Å². The molecule has 0 amide bonds. The van der Waals surface area contributed by atoms with E-state index in [0.717, 1.165) is 91.6 Å². The molecule has 8 aromatic rings. The number of hydrogen-bond acceptors (Lipinski definition) is 4. The Hall–Kier alpha value is -7.30. The van der Waals surface area contributed by atoms with Gasteiger partial charge in [0.25, 0.3) is 0 Å². The molecule has 0 spiro atoms. The molecule has 4 nitrogen and oxygen atoms in total. The first-order valence-electron chi connectivity index (χ1n) is 36.1. The molecule has 3 aliphatic rings. The van der Waals surface area contributed by atoms with Crippen molar-refractivity contribution in [2.75, 3.05) is 0 Å². The van der Waals surface area contributed by atoms with Gasteiger partial charge in [-0.15, -0.1) is 0 Å². The highest BCUT2D eigenvalue weighted by Crippen LogP contribution is 2.43. The van der Waals surface area contributed by atoms with Crippen LogP contribution >= 0.6 is 0 Å². The van der Waals surface area contributed by atoms with Crippen molar-refractivity contribution < 1.29 is 19.1 Å². The maximum Gasteiger partial charge on any atom is 0.343 e. The van der Waals surface area contributed by atoms with Gasteiger partial charge in [0.2, 0.25) is 0 Å². The molecule has 4 heteroatoms. The number of benzene rings is 8. The molecule has 0 radical (unpaired) electrons. The molecule has 0 aliphatic heterocycles. The van der Waals surface area contributed by atoms with Gasteiger partial charge < -0.3 is 9.47 Å². The number of rotatable bonds is 18. The van der Waals surface area contributed by atoms with Crippen LogP contribution in [-0.2, 0) is 44.9 Å². The molecule has 92 heavy (non-hydrogen) atoms. The number of aryl methyl sites for hydroxylation is 7. The fraction of sp³-hybridized carbons (Fsp3) is 0.432. The molecular formula is C88H112O4. The van der Waals surface area contributed by atoms with Crippen LogP contribution in [0.4, 0.5) is 0 Å². The van der Waals surface area contributed by atoms with Gasteiger partial charge >= 0.3 is 11.9 Å². The van der Waals surface area contributed by atoms with Gasteiger partial charge in [-0.1, -0.05) is 260 Å². The van der Waals surface area contributed by atoms with E-state index in [1.165, 1.54) is 121 Å². The Morgan fingerprint density at radius 2 is 0.489 bits per heavy atom. The zero-order chi connectivity index (χ0) is 65.5. The molecule has 0 aromatic heterocycles. The molecule has 0 N–H and O–H groups in total. The van der Waals surface area contributed by atoms with Crippen LogP contribution in [0.25, 0.3) is 22.3 Å². The fourth-order valence-corrected chi connectivity index (χ4v) is 13.5. The normalized spacial score (nSPS) is 18.3. The van der Waals surface area contributed by atoms with E-state index in [4.69, 9.17) is 9.47 Å². The van der Waals surface area contributed by atoms with Crippen LogP contribution in [0.2, 0.25) is 0 Å². The van der Waals surface area contributed by atoms with Gasteiger partial charge in [0, 0.05) is 0 Å². The molecule has 8 aromatic carbocycles. The molecular weight excluding hydrogens is 1120 g/mol. The highest BCUT2D eigenvalue weighted by Gasteiger charge is 2.30. The zero-order valence-corrected chi connectivity index (χ0v) is 58.1. The van der Waals surface area contributed by atoms with Gasteiger partial charge in [-0.3, -0.25) is 0 Å². The smallest absolute Gasteiger partial charge is 0.343 e. The minimum Gasteiger partial charge on any atom is -0.423 e. The van der Waals surface area contributed by atoms with Crippen molar-refractivity contribution in [2.45, 2.75) is 216 Å². The monoisotopic (exact) mass is 1230 g/mol. The summed E-state index contributed by atoms with van der Waals surface area (Å²) in [6.07, 6.45) is 29.6. The third kappa shape index (κ3) is 23.1. The van der Waals surface area contributed by atoms with Crippen LogP contribution in [0.15, 0.2) is 194 Å². The third-order valence-electron chi connectivity index (χ3n) is 20.4. The number of carbonyl (C=O) groups is 2. The number of carbonyl (C=O) groups excluding carboxylic acids is 2. The van der Waals surface area contributed by atoms with Crippen molar-refractivity contribution in [2.24, 2.45) is 29.6 Å². The van der Waals surface area contributed by atoms with Crippen molar-refractivity contribution in [3.05, 3.63) is 250 Å². The van der Waals surface area contributed by atoms with E-state index in [2.05, 4.69) is 166 Å². The van der Waals surface area contributed by atoms with Gasteiger partial charge in [0.1, 0.15) is 11.5 Å². The van der Waals surface area contributed by atoms with E-state index in [9.17, 15) is 9.59 Å². The number of esters is 2. The van der Waals surface area contributed by atoms with Crippen LogP contribution in [-0.4, -0.2) is 11.9 Å². The van der Waals surface area contributed by atoms with E-state index in [1.807, 2.05) is 97.1 Å². The summed E-state index contributed by atoms with van der Waals surface area (Å²) >= 11 is 0. The minimum atomic E-state index is -0.331. The zero-order valence-electron chi connectivity index (χ0n) is 58.1. The first kappa shape index (κ1) is 72.1. The van der Waals surface area contributed by atoms with Crippen LogP contribution in [0.3, 0.4) is 0 Å². The van der Waals surface area contributed by atoms with E-state index >= 15 is 0 Å². The Bertz CT molecular complexity index is 3230. The SMILES string of the molecule is CCC1CCC(C2CCC(CC)CC2)CC1.CCc1ccc(-c2ccc(CC)cc2)cc1.CCc1ccc(C(=O)Oc2ccc(-c3ccc(CC)cc3)cc2)cc1.CCc1ccc(C2CCC(CC)CC2)cc1.CCc1ccc(OC(=O)c2ccc(CC)cc2)cc1. The summed E-state index contributed by atoms with van der Waals surface area (Å²) < 4.78 is 10.8. The lowest BCUT2D eigenvalue weighted by molar-refractivity contribution is 0.0725. The third-order valence-corrected chi connectivity index (χ3v) is 20.4. The molecule has 0 saturated heterocycles. The van der Waals surface area contributed by atoms with E-state index < -0.39 is 0 Å². The lowest BCUT2D eigenvalue weighted by Crippen LogP contribution is -2.25. The lowest BCUT2D eigenvalue weighted by atomic mass is 9.68. The standard InChI is InChI=1S/C23H22O2.C17H18O2.C16H30.C16H24.C16H18/c1-3-17-5-9-19(10-6-17)20-13-15-22(16-14-20)25-23(24)21-11-7-18(4-2)8-12-21;1-3-13-5-9-15(10-6-13)17(18)19-16-11-7-14(4-2)8-12-16;3*1-3-13-5-9-15(10-6-13)16-11-7-14(4-2)8-12-16/h5-16H,3-4H2,1-2H3;5-12H,3-4H2,1-2H3;13-16H,3-12H2,1-2H3;5-6,9-10,14,16H,3-4,7-8,11-12H2,1-2H3;5-12H,3-4H2,1-2H3. The van der Waals surface area contributed by atoms with E-state index in [-0.39, 0.29) is 11.9 Å². The summed E-state index contributed by atoms with van der Waals surface area (Å²) in [5, 5.41) is 0. The number of ether oxygens (including phenoxy) is 2. The molecule has 0 heterocycles. The predicted molar refractivity (Wildman–Crippen MR) is 392 cm³/mol. The second-order valence-corrected chi connectivity index (χ2v) is 26.2. The highest BCUT2D eigenvalue weighted by molar-refractivity contribution is 5.91. The summed E-state index contributed by atoms with van der Waals surface area (Å²) in [5.74, 6) is 6.71. The average Bonchev–Trinajstić information content (AvgIpc) is 2.00. The van der Waals surface area contributed by atoms with Gasteiger partial charge in [-0.2, -0.15) is 0 Å². The van der Waals surface area contributed by atoms with Gasteiger partial charge in [-0.05, 0) is 247 Å². The van der Waals surface area contributed by atoms with E-state index in [1.54, 1.807) is 31.2 Å². The van der Waals surface area contributed by atoms with Crippen LogP contribution in [0.5, 0.6) is 11.5 Å². The number of hydrogen-bond donors (Lipinski definition) is 0. The quantitative estimate of drug-likeness (QED) is 0.0635. The Kier molecular flexibility index (Phi) is 30.8. The second kappa shape index (κ2) is 39.3. The maximum atomic E-state index is 12.2. The first-order valence-corrected chi connectivity index (χ1v) is 36.1. The Morgan fingerprint density at radius 3 is 0.750 bits per heavy atom. The van der Waals surface area contributed by atoms with E-state index in [0.29, 0.717) is 22.6 Å². The van der Waals surface area contributed by atoms with Crippen molar-refractivity contribution in [1.29, 1.82) is 0 Å². The first-order chi connectivity index (χ1) is 44.9. The van der Waals surface area contributed by atoms with Crippen molar-refractivity contribution in [1.82, 2.24) is 0 Å². The Morgan fingerprint density at radius 1 is 0.272 bits per heavy atom. The molecule has 0 bridgehead atoms. The summed E-state index contributed by atoms with van der Waals surface area (Å²) in [6.45, 7) is 22.1. The summed E-state index contributed by atoms with van der Waals surface area (Å²) in [6, 6.07) is 65.8. The minimum absolute atomic E-state index is 0.313. The lowest BCUT2D eigenvalue weighted by Gasteiger charge is -2.37. The highest BCUT2D eigenvalue weighted by atomic mass is 16.5. The predicted octanol–water partition coefficient (Wildman–Crippen LogP) is 24.6. The van der Waals surface area contributed by atoms with Crippen LogP contribution < -0.4 is 9.47 Å². The molecule has 3 aliphatic carbocycles. The molecule has 0 unspecified atom stereocenters. The van der Waals surface area contributed by atoms with Crippen molar-refractivity contribution in [3.63, 3.8) is 0 Å². The molecule has 0 atom stereocenters. The average molecular weight is 1230 g/mol. The Labute approximate surface area is 557 Å². The molecule has 488 valence electrons. The summed E-state index contributed by atoms with van der Waals surface area (Å²) in [5.41, 5.74) is 16.8. The van der Waals surface area contributed by atoms with Gasteiger partial charge in [0.05, 0.1) is 11.1 Å². The topological polar surface area (TPSA) is 52.6 Å². The maximum absolute atomic E-state index is 12.2. The van der Waals surface area contributed by atoms with Gasteiger partial charge in [0.15, 0.2) is 0 Å². The summed E-state index contributed by atoms with van der Waals surface area (Å²) in [4.78, 5) is 24.2. The molecule has 11 rings (SSSR count). The molecule has 3 saturated carbocycles. The summed E-state index contributed by atoms with van der Waals surface area (Å²) in [7, 11) is 0.